The summed E-state index contributed by atoms with van der Waals surface area (Å²) >= 11 is 0. The van der Waals surface area contributed by atoms with Gasteiger partial charge in [-0.1, -0.05) is 29.8 Å². The van der Waals surface area contributed by atoms with E-state index in [1.807, 2.05) is 27.7 Å². The van der Waals surface area contributed by atoms with Crippen molar-refractivity contribution in [2.75, 3.05) is 18.0 Å². The minimum Gasteiger partial charge on any atom is -0.495 e. The van der Waals surface area contributed by atoms with E-state index in [1.165, 1.54) is 19.2 Å². The number of para-hydroxylation sites is 2. The molecule has 27 heavy (non-hydrogen) atoms. The predicted molar refractivity (Wildman–Crippen MR) is 107 cm³/mol. The summed E-state index contributed by atoms with van der Waals surface area (Å²) in [5, 5.41) is 2.80. The van der Waals surface area contributed by atoms with E-state index in [9.17, 15) is 13.2 Å². The number of benzene rings is 2. The predicted octanol–water partition coefficient (Wildman–Crippen LogP) is 3.11. The van der Waals surface area contributed by atoms with Crippen LogP contribution in [0, 0.1) is 6.92 Å². The van der Waals surface area contributed by atoms with Crippen LogP contribution >= 0.6 is 0 Å². The molecule has 1 amide bonds. The maximum atomic E-state index is 13.3. The maximum Gasteiger partial charge on any atom is 0.264 e. The number of anilines is 1. The lowest BCUT2D eigenvalue weighted by atomic mass is 10.1. The van der Waals surface area contributed by atoms with Crippen LogP contribution in [-0.2, 0) is 14.8 Å². The summed E-state index contributed by atoms with van der Waals surface area (Å²) in [6.07, 6.45) is 0. The zero-order chi connectivity index (χ0) is 20.2. The Labute approximate surface area is 161 Å². The van der Waals surface area contributed by atoms with Crippen LogP contribution in [0.15, 0.2) is 53.4 Å². The summed E-state index contributed by atoms with van der Waals surface area (Å²) in [6.45, 7) is 7.05. The van der Waals surface area contributed by atoms with Crippen LogP contribution < -0.4 is 14.4 Å². The molecule has 0 aliphatic heterocycles. The van der Waals surface area contributed by atoms with E-state index >= 15 is 0 Å². The molecule has 0 aliphatic rings. The second-order valence-corrected chi connectivity index (χ2v) is 9.16. The van der Waals surface area contributed by atoms with Crippen LogP contribution in [0.1, 0.15) is 26.3 Å². The molecule has 0 atom stereocenters. The molecule has 0 unspecified atom stereocenters. The van der Waals surface area contributed by atoms with Gasteiger partial charge in [-0.25, -0.2) is 8.42 Å². The molecule has 0 saturated carbocycles. The lowest BCUT2D eigenvalue weighted by molar-refractivity contribution is -0.121. The van der Waals surface area contributed by atoms with E-state index in [0.717, 1.165) is 9.87 Å². The standard InChI is InChI=1S/C20H26N2O4S/c1-15-10-12-16(13-11-15)27(24,25)22(14-19(23)21-20(2,3)4)17-8-6-7-9-18(17)26-5/h6-13H,14H2,1-5H3,(H,21,23). The number of nitrogens with zero attached hydrogens (tertiary/aromatic N) is 1. The highest BCUT2D eigenvalue weighted by molar-refractivity contribution is 7.92. The largest absolute Gasteiger partial charge is 0.495 e. The van der Waals surface area contributed by atoms with Crippen LogP contribution in [0.4, 0.5) is 5.69 Å². The fourth-order valence-corrected chi connectivity index (χ4v) is 3.99. The van der Waals surface area contributed by atoms with E-state index in [-0.39, 0.29) is 11.4 Å². The number of hydrogen-bond donors (Lipinski definition) is 1. The fourth-order valence-electron chi connectivity index (χ4n) is 2.56. The second-order valence-electron chi connectivity index (χ2n) is 7.29. The highest BCUT2D eigenvalue weighted by Gasteiger charge is 2.30. The SMILES string of the molecule is COc1ccccc1N(CC(=O)NC(C)(C)C)S(=O)(=O)c1ccc(C)cc1. The van der Waals surface area contributed by atoms with Crippen molar-refractivity contribution < 1.29 is 17.9 Å². The van der Waals surface area contributed by atoms with E-state index < -0.39 is 21.5 Å². The molecule has 7 heteroatoms. The Kier molecular flexibility index (Phi) is 6.15. The molecule has 0 fully saturated rings. The van der Waals surface area contributed by atoms with E-state index in [2.05, 4.69) is 5.32 Å². The number of methoxy groups -OCH3 is 1. The molecule has 146 valence electrons. The molecular formula is C20H26N2O4S. The van der Waals surface area contributed by atoms with Crippen LogP contribution in [0.2, 0.25) is 0 Å². The average Bonchev–Trinajstić information content (AvgIpc) is 2.58. The lowest BCUT2D eigenvalue weighted by Crippen LogP contribution is -2.47. The molecule has 0 bridgehead atoms. The summed E-state index contributed by atoms with van der Waals surface area (Å²) in [5.74, 6) is -0.0270. The first-order valence-corrected chi connectivity index (χ1v) is 10.0. The number of sulfonamides is 1. The molecule has 2 aromatic rings. The van der Waals surface area contributed by atoms with Gasteiger partial charge < -0.3 is 10.1 Å². The summed E-state index contributed by atoms with van der Waals surface area (Å²) < 4.78 is 33.0. The average molecular weight is 391 g/mol. The van der Waals surface area contributed by atoms with E-state index in [4.69, 9.17) is 4.74 Å². The Balaban J connectivity index is 2.52. The van der Waals surface area contributed by atoms with Crippen LogP contribution in [0.25, 0.3) is 0 Å². The van der Waals surface area contributed by atoms with Gasteiger partial charge in [0.2, 0.25) is 5.91 Å². The first-order valence-electron chi connectivity index (χ1n) is 8.58. The van der Waals surface area contributed by atoms with Crippen molar-refractivity contribution in [3.63, 3.8) is 0 Å². The molecule has 0 spiro atoms. The van der Waals surface area contributed by atoms with Gasteiger partial charge in [-0.05, 0) is 52.0 Å². The zero-order valence-electron chi connectivity index (χ0n) is 16.3. The first kappa shape index (κ1) is 20.8. The number of hydrogen-bond acceptors (Lipinski definition) is 4. The Morgan fingerprint density at radius 1 is 1.07 bits per heavy atom. The molecule has 1 N–H and O–H groups in total. The molecule has 2 rings (SSSR count). The van der Waals surface area contributed by atoms with Gasteiger partial charge in [-0.2, -0.15) is 0 Å². The third kappa shape index (κ3) is 5.23. The van der Waals surface area contributed by atoms with Gasteiger partial charge >= 0.3 is 0 Å². The molecular weight excluding hydrogens is 364 g/mol. The summed E-state index contributed by atoms with van der Waals surface area (Å²) in [5.41, 5.74) is 0.782. The second kappa shape index (κ2) is 8.00. The Morgan fingerprint density at radius 2 is 1.67 bits per heavy atom. The van der Waals surface area contributed by atoms with Crippen LogP contribution in [-0.4, -0.2) is 33.5 Å². The molecule has 0 saturated heterocycles. The van der Waals surface area contributed by atoms with Crippen molar-refractivity contribution in [1.82, 2.24) is 5.32 Å². The van der Waals surface area contributed by atoms with Crippen molar-refractivity contribution in [2.24, 2.45) is 0 Å². The quantitative estimate of drug-likeness (QED) is 0.822. The molecule has 0 radical (unpaired) electrons. The minimum atomic E-state index is -3.96. The molecule has 0 aromatic heterocycles. The summed E-state index contributed by atoms with van der Waals surface area (Å²) in [4.78, 5) is 12.6. The molecule has 2 aromatic carbocycles. The Hall–Kier alpha value is -2.54. The zero-order valence-corrected chi connectivity index (χ0v) is 17.1. The third-order valence-electron chi connectivity index (χ3n) is 3.76. The third-order valence-corrected chi connectivity index (χ3v) is 5.54. The first-order chi connectivity index (χ1) is 12.5. The van der Waals surface area contributed by atoms with Gasteiger partial charge in [-0.3, -0.25) is 9.10 Å². The van der Waals surface area contributed by atoms with Gasteiger partial charge in [0.05, 0.1) is 17.7 Å². The fraction of sp³-hybridized carbons (Fsp3) is 0.350. The lowest BCUT2D eigenvalue weighted by Gasteiger charge is -2.28. The van der Waals surface area contributed by atoms with Crippen molar-refractivity contribution in [2.45, 2.75) is 38.1 Å². The normalized spacial score (nSPS) is 11.7. The van der Waals surface area contributed by atoms with Crippen molar-refractivity contribution in [3.05, 3.63) is 54.1 Å². The maximum absolute atomic E-state index is 13.3. The van der Waals surface area contributed by atoms with Gasteiger partial charge in [0.25, 0.3) is 10.0 Å². The monoisotopic (exact) mass is 390 g/mol. The minimum absolute atomic E-state index is 0.113. The number of carbonyl (C=O) groups excluding carboxylic acids is 1. The van der Waals surface area contributed by atoms with Crippen molar-refractivity contribution in [1.29, 1.82) is 0 Å². The highest BCUT2D eigenvalue weighted by atomic mass is 32.2. The topological polar surface area (TPSA) is 75.7 Å². The number of carbonyl (C=O) groups is 1. The Morgan fingerprint density at radius 3 is 2.22 bits per heavy atom. The summed E-state index contributed by atoms with van der Waals surface area (Å²) in [7, 11) is -2.50. The van der Waals surface area contributed by atoms with Crippen LogP contribution in [0.5, 0.6) is 5.75 Å². The highest BCUT2D eigenvalue weighted by Crippen LogP contribution is 2.32. The molecule has 0 heterocycles. The number of amides is 1. The van der Waals surface area contributed by atoms with Crippen LogP contribution in [0.3, 0.4) is 0 Å². The molecule has 0 aliphatic carbocycles. The molecule has 6 nitrogen and oxygen atoms in total. The Bertz CT molecular complexity index is 900. The smallest absolute Gasteiger partial charge is 0.264 e. The van der Waals surface area contributed by atoms with Crippen molar-refractivity contribution in [3.8, 4) is 5.75 Å². The number of aryl methyl sites for hydroxylation is 1. The number of ether oxygens (including phenoxy) is 1. The number of nitrogens with one attached hydrogen (secondary N) is 1. The van der Waals surface area contributed by atoms with E-state index in [1.54, 1.807) is 36.4 Å². The van der Waals surface area contributed by atoms with Gasteiger partial charge in [0, 0.05) is 5.54 Å². The van der Waals surface area contributed by atoms with E-state index in [0.29, 0.717) is 11.4 Å². The summed E-state index contributed by atoms with van der Waals surface area (Å²) in [6, 6.07) is 13.3. The van der Waals surface area contributed by atoms with Gasteiger partial charge in [0.1, 0.15) is 12.3 Å². The van der Waals surface area contributed by atoms with Crippen molar-refractivity contribution >= 4 is 21.6 Å². The number of rotatable bonds is 6. The van der Waals surface area contributed by atoms with Gasteiger partial charge in [0.15, 0.2) is 0 Å². The van der Waals surface area contributed by atoms with Gasteiger partial charge in [-0.15, -0.1) is 0 Å².